The minimum atomic E-state index is -3.55. The number of aromatic amines is 1. The topological polar surface area (TPSA) is 90.1 Å². The Kier molecular flexibility index (Phi) is 4.79. The molecule has 0 bridgehead atoms. The minimum Gasteiger partial charge on any atom is -0.316 e. The van der Waals surface area contributed by atoms with Crippen LogP contribution in [0.15, 0.2) is 5.03 Å². The van der Waals surface area contributed by atoms with Crippen LogP contribution in [-0.4, -0.2) is 57.2 Å². The van der Waals surface area contributed by atoms with Gasteiger partial charge in [0.15, 0.2) is 5.03 Å². The van der Waals surface area contributed by atoms with Gasteiger partial charge in [-0.2, -0.15) is 5.10 Å². The third kappa shape index (κ3) is 3.38. The van der Waals surface area contributed by atoms with Gasteiger partial charge in [0.25, 0.3) is 10.0 Å². The van der Waals surface area contributed by atoms with Crippen molar-refractivity contribution in [1.29, 1.82) is 0 Å². The van der Waals surface area contributed by atoms with Gasteiger partial charge in [-0.3, -0.25) is 5.10 Å². The van der Waals surface area contributed by atoms with Crippen LogP contribution in [0, 0.1) is 12.8 Å². The molecule has 1 aromatic heterocycles. The van der Waals surface area contributed by atoms with E-state index in [1.165, 1.54) is 0 Å². The fourth-order valence-corrected chi connectivity index (χ4v) is 3.83. The van der Waals surface area contributed by atoms with Crippen molar-refractivity contribution in [2.45, 2.75) is 24.9 Å². The van der Waals surface area contributed by atoms with E-state index in [1.807, 2.05) is 6.92 Å². The highest BCUT2D eigenvalue weighted by molar-refractivity contribution is 7.89. The molecule has 1 fully saturated rings. The van der Waals surface area contributed by atoms with Crippen molar-refractivity contribution in [2.24, 2.45) is 5.92 Å². The maximum Gasteiger partial charge on any atom is 0.260 e. The molecule has 2 rings (SSSR count). The average molecular weight is 301 g/mol. The lowest BCUT2D eigenvalue weighted by atomic mass is 10.1. The molecule has 1 aliphatic heterocycles. The van der Waals surface area contributed by atoms with Crippen molar-refractivity contribution in [3.8, 4) is 0 Å². The fourth-order valence-electron chi connectivity index (χ4n) is 2.53. The molecule has 0 aliphatic carbocycles. The highest BCUT2D eigenvalue weighted by Gasteiger charge is 2.26. The zero-order chi connectivity index (χ0) is 14.8. The van der Waals surface area contributed by atoms with Crippen molar-refractivity contribution in [3.05, 3.63) is 11.3 Å². The molecule has 0 amide bonds. The molecule has 3 N–H and O–H groups in total. The number of rotatable bonds is 6. The smallest absolute Gasteiger partial charge is 0.260 e. The van der Waals surface area contributed by atoms with Crippen molar-refractivity contribution >= 4 is 10.0 Å². The highest BCUT2D eigenvalue weighted by atomic mass is 32.2. The van der Waals surface area contributed by atoms with E-state index in [0.717, 1.165) is 25.2 Å². The second-order valence-electron chi connectivity index (χ2n) is 5.43. The van der Waals surface area contributed by atoms with Crippen LogP contribution in [0.1, 0.15) is 17.7 Å². The summed E-state index contributed by atoms with van der Waals surface area (Å²) in [6.07, 6.45) is 1.03. The molecule has 8 heteroatoms. The summed E-state index contributed by atoms with van der Waals surface area (Å²) < 4.78 is 27.4. The van der Waals surface area contributed by atoms with Crippen molar-refractivity contribution < 1.29 is 8.42 Å². The molecule has 0 saturated carbocycles. The van der Waals surface area contributed by atoms with E-state index < -0.39 is 10.0 Å². The Morgan fingerprint density at radius 1 is 1.50 bits per heavy atom. The van der Waals surface area contributed by atoms with Crippen LogP contribution in [-0.2, 0) is 16.6 Å². The van der Waals surface area contributed by atoms with Gasteiger partial charge in [0.05, 0.1) is 0 Å². The van der Waals surface area contributed by atoms with Gasteiger partial charge in [-0.1, -0.05) is 0 Å². The maximum absolute atomic E-state index is 12.3. The van der Waals surface area contributed by atoms with Gasteiger partial charge >= 0.3 is 0 Å². The number of sulfonamides is 1. The third-order valence-corrected chi connectivity index (χ3v) is 5.09. The normalized spacial score (nSPS) is 20.6. The quantitative estimate of drug-likeness (QED) is 0.669. The summed E-state index contributed by atoms with van der Waals surface area (Å²) in [4.78, 5) is 2.21. The summed E-state index contributed by atoms with van der Waals surface area (Å²) in [6.45, 7) is 4.73. The van der Waals surface area contributed by atoms with Crippen LogP contribution < -0.4 is 10.0 Å². The van der Waals surface area contributed by atoms with Gasteiger partial charge in [0.2, 0.25) is 0 Å². The van der Waals surface area contributed by atoms with Gasteiger partial charge < -0.3 is 10.2 Å². The zero-order valence-corrected chi connectivity index (χ0v) is 13.0. The fraction of sp³-hybridized carbons (Fsp3) is 0.750. The first-order valence-electron chi connectivity index (χ1n) is 6.80. The zero-order valence-electron chi connectivity index (χ0n) is 12.2. The van der Waals surface area contributed by atoms with Crippen LogP contribution in [0.25, 0.3) is 0 Å². The summed E-state index contributed by atoms with van der Waals surface area (Å²) in [5.74, 6) is 0.377. The predicted molar refractivity (Wildman–Crippen MR) is 76.9 cm³/mol. The second kappa shape index (κ2) is 6.21. The number of H-pyrrole nitrogens is 1. The largest absolute Gasteiger partial charge is 0.316 e. The molecule has 114 valence electrons. The molecule has 0 spiro atoms. The Morgan fingerprint density at radius 2 is 2.25 bits per heavy atom. The van der Waals surface area contributed by atoms with Crippen molar-refractivity contribution in [1.82, 2.24) is 25.1 Å². The molecule has 0 aromatic carbocycles. The Hall–Kier alpha value is -0.960. The molecule has 1 saturated heterocycles. The SMILES string of the molecule is CNCc1c(S(=O)(=O)NCC2CCN(C)C2)n[nH]c1C. The average Bonchev–Trinajstić information content (AvgIpc) is 2.96. The van der Waals surface area contributed by atoms with Crippen LogP contribution in [0.4, 0.5) is 0 Å². The summed E-state index contributed by atoms with van der Waals surface area (Å²) in [7, 11) is 0.286. The number of likely N-dealkylation sites (tertiary alicyclic amines) is 1. The molecule has 20 heavy (non-hydrogen) atoms. The number of nitrogens with zero attached hydrogens (tertiary/aromatic N) is 2. The number of nitrogens with one attached hydrogen (secondary N) is 3. The molecule has 1 atom stereocenters. The summed E-state index contributed by atoms with van der Waals surface area (Å²) in [5, 5.41) is 9.76. The highest BCUT2D eigenvalue weighted by Crippen LogP contribution is 2.18. The standard InChI is InChI=1S/C12H23N5O2S/c1-9-11(7-13-2)12(16-15-9)20(18,19)14-6-10-4-5-17(3)8-10/h10,13-14H,4-8H2,1-3H3,(H,15,16). The third-order valence-electron chi connectivity index (χ3n) is 3.70. The van der Waals surface area contributed by atoms with Crippen molar-refractivity contribution in [2.75, 3.05) is 33.7 Å². The van der Waals surface area contributed by atoms with Gasteiger partial charge in [0.1, 0.15) is 0 Å². The van der Waals surface area contributed by atoms with Crippen molar-refractivity contribution in [3.63, 3.8) is 0 Å². The lowest BCUT2D eigenvalue weighted by molar-refractivity contribution is 0.394. The Morgan fingerprint density at radius 3 is 2.85 bits per heavy atom. The monoisotopic (exact) mass is 301 g/mol. The summed E-state index contributed by atoms with van der Waals surface area (Å²) in [5.41, 5.74) is 1.48. The Bertz CT molecular complexity index is 554. The number of aromatic nitrogens is 2. The minimum absolute atomic E-state index is 0.107. The molecule has 0 radical (unpaired) electrons. The molecular weight excluding hydrogens is 278 g/mol. The molecule has 1 aromatic rings. The van der Waals surface area contributed by atoms with E-state index in [1.54, 1.807) is 7.05 Å². The molecule has 1 aliphatic rings. The van der Waals surface area contributed by atoms with E-state index in [2.05, 4.69) is 32.2 Å². The van der Waals surface area contributed by atoms with E-state index in [9.17, 15) is 8.42 Å². The second-order valence-corrected chi connectivity index (χ2v) is 7.11. The number of hydrogen-bond acceptors (Lipinski definition) is 5. The van der Waals surface area contributed by atoms with E-state index >= 15 is 0 Å². The van der Waals surface area contributed by atoms with Crippen LogP contribution >= 0.6 is 0 Å². The lowest BCUT2D eigenvalue weighted by Gasteiger charge is -2.12. The van der Waals surface area contributed by atoms with Gasteiger partial charge in [-0.05, 0) is 39.9 Å². The first-order chi connectivity index (χ1) is 9.44. The maximum atomic E-state index is 12.3. The molecule has 1 unspecified atom stereocenters. The van der Waals surface area contributed by atoms with Gasteiger partial charge in [-0.25, -0.2) is 13.1 Å². The Balaban J connectivity index is 2.06. The summed E-state index contributed by atoms with van der Waals surface area (Å²) in [6, 6.07) is 0. The lowest BCUT2D eigenvalue weighted by Crippen LogP contribution is -2.31. The first-order valence-corrected chi connectivity index (χ1v) is 8.29. The van der Waals surface area contributed by atoms with E-state index in [0.29, 0.717) is 24.6 Å². The first kappa shape index (κ1) is 15.4. The summed E-state index contributed by atoms with van der Waals surface area (Å²) >= 11 is 0. The predicted octanol–water partition coefficient (Wildman–Crippen LogP) is -0.332. The molecule has 7 nitrogen and oxygen atoms in total. The van der Waals surface area contributed by atoms with Gasteiger partial charge in [-0.15, -0.1) is 0 Å². The number of hydrogen-bond donors (Lipinski definition) is 3. The van der Waals surface area contributed by atoms with Crippen LogP contribution in [0.2, 0.25) is 0 Å². The number of aryl methyl sites for hydroxylation is 1. The van der Waals surface area contributed by atoms with Crippen LogP contribution in [0.3, 0.4) is 0 Å². The molecule has 2 heterocycles. The van der Waals surface area contributed by atoms with E-state index in [4.69, 9.17) is 0 Å². The van der Waals surface area contributed by atoms with Gasteiger partial charge in [0, 0.05) is 30.9 Å². The van der Waals surface area contributed by atoms with E-state index in [-0.39, 0.29) is 5.03 Å². The molecular formula is C12H23N5O2S. The van der Waals surface area contributed by atoms with Crippen LogP contribution in [0.5, 0.6) is 0 Å². The Labute approximate surface area is 120 Å².